The van der Waals surface area contributed by atoms with Gasteiger partial charge in [-0.25, -0.2) is 9.37 Å². The van der Waals surface area contributed by atoms with Crippen molar-refractivity contribution in [3.8, 4) is 5.69 Å². The summed E-state index contributed by atoms with van der Waals surface area (Å²) in [7, 11) is 0. The van der Waals surface area contributed by atoms with Crippen LogP contribution in [-0.4, -0.2) is 15.5 Å². The highest BCUT2D eigenvalue weighted by Gasteiger charge is 2.13. The van der Waals surface area contributed by atoms with Gasteiger partial charge in [0.1, 0.15) is 5.82 Å². The Balaban J connectivity index is 1.44. The molecule has 1 amide bonds. The van der Waals surface area contributed by atoms with Crippen LogP contribution in [0, 0.1) is 5.82 Å². The van der Waals surface area contributed by atoms with E-state index in [-0.39, 0.29) is 18.3 Å². The van der Waals surface area contributed by atoms with Crippen LogP contribution in [0.2, 0.25) is 0 Å². The predicted molar refractivity (Wildman–Crippen MR) is 97.8 cm³/mol. The quantitative estimate of drug-likeness (QED) is 0.778. The standard InChI is InChI=1S/C21H20FN3O/c22-19-11-15(5-8-20(19)25-10-9-23-14-25)13-24-21(26)18-7-6-16-3-1-2-4-17(16)12-18/h5-12,14H,1-4,13H2,(H,24,26). The summed E-state index contributed by atoms with van der Waals surface area (Å²) >= 11 is 0. The second-order valence-corrected chi connectivity index (χ2v) is 6.63. The number of imidazole rings is 1. The van der Waals surface area contributed by atoms with E-state index in [1.807, 2.05) is 18.2 Å². The van der Waals surface area contributed by atoms with Gasteiger partial charge in [0.2, 0.25) is 0 Å². The van der Waals surface area contributed by atoms with Gasteiger partial charge in [-0.2, -0.15) is 0 Å². The number of amides is 1. The van der Waals surface area contributed by atoms with Gasteiger partial charge in [-0.3, -0.25) is 4.79 Å². The lowest BCUT2D eigenvalue weighted by Gasteiger charge is -2.16. The minimum Gasteiger partial charge on any atom is -0.348 e. The molecular formula is C21H20FN3O. The van der Waals surface area contributed by atoms with Gasteiger partial charge >= 0.3 is 0 Å². The average Bonchev–Trinajstić information content (AvgIpc) is 3.20. The van der Waals surface area contributed by atoms with E-state index in [4.69, 9.17) is 0 Å². The van der Waals surface area contributed by atoms with Crippen molar-refractivity contribution in [3.63, 3.8) is 0 Å². The van der Waals surface area contributed by atoms with Crippen LogP contribution in [0.15, 0.2) is 55.1 Å². The van der Waals surface area contributed by atoms with Gasteiger partial charge in [-0.1, -0.05) is 12.1 Å². The summed E-state index contributed by atoms with van der Waals surface area (Å²) in [4.78, 5) is 16.4. The molecule has 1 heterocycles. The predicted octanol–water partition coefficient (Wildman–Crippen LogP) is 3.82. The number of rotatable bonds is 4. The van der Waals surface area contributed by atoms with E-state index in [9.17, 15) is 9.18 Å². The molecule has 1 aliphatic carbocycles. The van der Waals surface area contributed by atoms with Crippen LogP contribution in [0.1, 0.15) is 39.9 Å². The summed E-state index contributed by atoms with van der Waals surface area (Å²) < 4.78 is 15.9. The molecule has 4 nitrogen and oxygen atoms in total. The highest BCUT2D eigenvalue weighted by atomic mass is 19.1. The second-order valence-electron chi connectivity index (χ2n) is 6.63. The van der Waals surface area contributed by atoms with E-state index in [1.165, 1.54) is 30.0 Å². The Morgan fingerprint density at radius 1 is 1.12 bits per heavy atom. The zero-order valence-corrected chi connectivity index (χ0v) is 14.4. The number of carbonyl (C=O) groups is 1. The van der Waals surface area contributed by atoms with Gasteiger partial charge in [0, 0.05) is 24.5 Å². The average molecular weight is 349 g/mol. The lowest BCUT2D eigenvalue weighted by molar-refractivity contribution is 0.0950. The Bertz CT molecular complexity index is 934. The van der Waals surface area contributed by atoms with Crippen LogP contribution in [0.25, 0.3) is 5.69 Å². The van der Waals surface area contributed by atoms with Crippen molar-refractivity contribution in [2.75, 3.05) is 0 Å². The molecule has 0 fully saturated rings. The summed E-state index contributed by atoms with van der Waals surface area (Å²) in [5.74, 6) is -0.471. The number of aryl methyl sites for hydroxylation is 2. The largest absolute Gasteiger partial charge is 0.348 e. The van der Waals surface area contributed by atoms with E-state index >= 15 is 0 Å². The van der Waals surface area contributed by atoms with Crippen molar-refractivity contribution in [3.05, 3.63) is 83.2 Å². The third-order valence-corrected chi connectivity index (χ3v) is 4.86. The topological polar surface area (TPSA) is 46.9 Å². The maximum absolute atomic E-state index is 14.3. The maximum atomic E-state index is 14.3. The smallest absolute Gasteiger partial charge is 0.251 e. The molecule has 1 N–H and O–H groups in total. The van der Waals surface area contributed by atoms with Crippen molar-refractivity contribution in [2.24, 2.45) is 0 Å². The van der Waals surface area contributed by atoms with Gasteiger partial charge in [-0.05, 0) is 66.6 Å². The van der Waals surface area contributed by atoms with Crippen LogP contribution in [-0.2, 0) is 19.4 Å². The fourth-order valence-electron chi connectivity index (χ4n) is 3.43. The van der Waals surface area contributed by atoms with Crippen LogP contribution >= 0.6 is 0 Å². The highest BCUT2D eigenvalue weighted by molar-refractivity contribution is 5.94. The molecule has 0 bridgehead atoms. The Hall–Kier alpha value is -2.95. The molecule has 4 rings (SSSR count). The van der Waals surface area contributed by atoms with E-state index < -0.39 is 0 Å². The Morgan fingerprint density at radius 3 is 2.73 bits per heavy atom. The maximum Gasteiger partial charge on any atom is 0.251 e. The minimum absolute atomic E-state index is 0.127. The molecule has 0 atom stereocenters. The summed E-state index contributed by atoms with van der Waals surface area (Å²) in [6, 6.07) is 10.9. The fourth-order valence-corrected chi connectivity index (χ4v) is 3.43. The Labute approximate surface area is 151 Å². The number of nitrogens with one attached hydrogen (secondary N) is 1. The number of benzene rings is 2. The first-order valence-electron chi connectivity index (χ1n) is 8.87. The summed E-state index contributed by atoms with van der Waals surface area (Å²) in [6.45, 7) is 0.289. The van der Waals surface area contributed by atoms with Crippen LogP contribution in [0.5, 0.6) is 0 Å². The van der Waals surface area contributed by atoms with Crippen molar-refractivity contribution in [1.29, 1.82) is 0 Å². The SMILES string of the molecule is O=C(NCc1ccc(-n2ccnc2)c(F)c1)c1ccc2c(c1)CCCC2. The van der Waals surface area contributed by atoms with Crippen molar-refractivity contribution >= 4 is 5.91 Å². The highest BCUT2D eigenvalue weighted by Crippen LogP contribution is 2.22. The summed E-state index contributed by atoms with van der Waals surface area (Å²) in [5, 5.41) is 2.88. The van der Waals surface area contributed by atoms with Crippen LogP contribution < -0.4 is 5.32 Å². The molecule has 132 valence electrons. The number of halogens is 1. The third-order valence-electron chi connectivity index (χ3n) is 4.86. The molecule has 0 radical (unpaired) electrons. The fraction of sp³-hybridized carbons (Fsp3) is 0.238. The first-order chi connectivity index (χ1) is 12.7. The second kappa shape index (κ2) is 7.12. The lowest BCUT2D eigenvalue weighted by Crippen LogP contribution is -2.23. The molecular weight excluding hydrogens is 329 g/mol. The number of nitrogens with zero attached hydrogens (tertiary/aromatic N) is 2. The zero-order chi connectivity index (χ0) is 17.9. The van der Waals surface area contributed by atoms with E-state index in [0.29, 0.717) is 11.3 Å². The van der Waals surface area contributed by atoms with E-state index in [0.717, 1.165) is 18.4 Å². The number of carbonyl (C=O) groups excluding carboxylic acids is 1. The molecule has 3 aromatic rings. The molecule has 0 unspecified atom stereocenters. The first kappa shape index (κ1) is 16.5. The third kappa shape index (κ3) is 3.38. The first-order valence-corrected chi connectivity index (χ1v) is 8.87. The molecule has 1 aromatic heterocycles. The number of fused-ring (bicyclic) bond motifs is 1. The van der Waals surface area contributed by atoms with Crippen molar-refractivity contribution in [2.45, 2.75) is 32.2 Å². The van der Waals surface area contributed by atoms with Gasteiger partial charge in [0.15, 0.2) is 0 Å². The Morgan fingerprint density at radius 2 is 1.96 bits per heavy atom. The van der Waals surface area contributed by atoms with Gasteiger partial charge in [0.25, 0.3) is 5.91 Å². The van der Waals surface area contributed by atoms with Crippen molar-refractivity contribution < 1.29 is 9.18 Å². The molecule has 26 heavy (non-hydrogen) atoms. The molecule has 0 aliphatic heterocycles. The van der Waals surface area contributed by atoms with Crippen LogP contribution in [0.3, 0.4) is 0 Å². The number of hydrogen-bond donors (Lipinski definition) is 1. The molecule has 0 spiro atoms. The molecule has 1 aliphatic rings. The summed E-state index contributed by atoms with van der Waals surface area (Å²) in [6.07, 6.45) is 9.38. The van der Waals surface area contributed by atoms with Crippen LogP contribution in [0.4, 0.5) is 4.39 Å². The van der Waals surface area contributed by atoms with E-state index in [1.54, 1.807) is 29.4 Å². The molecule has 5 heteroatoms. The molecule has 2 aromatic carbocycles. The number of hydrogen-bond acceptors (Lipinski definition) is 2. The van der Waals surface area contributed by atoms with E-state index in [2.05, 4.69) is 16.4 Å². The van der Waals surface area contributed by atoms with Gasteiger partial charge in [-0.15, -0.1) is 0 Å². The molecule has 0 saturated heterocycles. The lowest BCUT2D eigenvalue weighted by atomic mass is 9.90. The van der Waals surface area contributed by atoms with Gasteiger partial charge in [0.05, 0.1) is 12.0 Å². The van der Waals surface area contributed by atoms with Crippen molar-refractivity contribution in [1.82, 2.24) is 14.9 Å². The summed E-state index contributed by atoms with van der Waals surface area (Å²) in [5.41, 5.74) is 4.45. The Kier molecular flexibility index (Phi) is 4.52. The number of aromatic nitrogens is 2. The monoisotopic (exact) mass is 349 g/mol. The minimum atomic E-state index is -0.344. The van der Waals surface area contributed by atoms with Gasteiger partial charge < -0.3 is 9.88 Å². The normalized spacial score (nSPS) is 13.3. The zero-order valence-electron chi connectivity index (χ0n) is 14.4. The molecule has 0 saturated carbocycles.